The van der Waals surface area contributed by atoms with E-state index in [0.29, 0.717) is 0 Å². The van der Waals surface area contributed by atoms with Gasteiger partial charge in [0.15, 0.2) is 0 Å². The van der Waals surface area contributed by atoms with Gasteiger partial charge in [-0.3, -0.25) is 4.79 Å². The van der Waals surface area contributed by atoms with Crippen molar-refractivity contribution in [2.24, 2.45) is 0 Å². The van der Waals surface area contributed by atoms with Crippen LogP contribution in [0.15, 0.2) is 18.2 Å². The first kappa shape index (κ1) is 13.1. The fourth-order valence-corrected chi connectivity index (χ4v) is 2.69. The van der Waals surface area contributed by atoms with E-state index in [1.165, 1.54) is 30.4 Å². The zero-order valence-electron chi connectivity index (χ0n) is 11.5. The average Bonchev–Trinajstić information content (AvgIpc) is 2.38. The first-order valence-electron chi connectivity index (χ1n) is 7.13. The van der Waals surface area contributed by atoms with Crippen LogP contribution < -0.4 is 5.32 Å². The lowest BCUT2D eigenvalue weighted by molar-refractivity contribution is 0.0938. The summed E-state index contributed by atoms with van der Waals surface area (Å²) in [5, 5.41) is 3.06. The molecule has 0 radical (unpaired) electrons. The van der Waals surface area contributed by atoms with Gasteiger partial charge < -0.3 is 5.32 Å². The highest BCUT2D eigenvalue weighted by atomic mass is 16.1. The summed E-state index contributed by atoms with van der Waals surface area (Å²) in [6, 6.07) is 6.45. The lowest BCUT2D eigenvalue weighted by Gasteiger charge is -2.17. The van der Waals surface area contributed by atoms with Gasteiger partial charge >= 0.3 is 0 Å². The molecule has 98 valence electrons. The van der Waals surface area contributed by atoms with E-state index in [1.807, 2.05) is 6.07 Å². The summed E-state index contributed by atoms with van der Waals surface area (Å²) in [5.74, 6) is 0.0734. The second-order valence-electron chi connectivity index (χ2n) is 5.35. The van der Waals surface area contributed by atoms with Crippen molar-refractivity contribution in [3.05, 3.63) is 34.9 Å². The normalized spacial score (nSPS) is 15.9. The molecule has 2 heteroatoms. The minimum Gasteiger partial charge on any atom is -0.350 e. The monoisotopic (exact) mass is 245 g/mol. The highest BCUT2D eigenvalue weighted by Gasteiger charge is 2.13. The van der Waals surface area contributed by atoms with Crippen LogP contribution in [0.1, 0.15) is 61.0 Å². The van der Waals surface area contributed by atoms with Crippen LogP contribution in [-0.4, -0.2) is 11.9 Å². The second kappa shape index (κ2) is 6.03. The van der Waals surface area contributed by atoms with E-state index < -0.39 is 0 Å². The molecule has 1 aromatic carbocycles. The van der Waals surface area contributed by atoms with Crippen LogP contribution in [0.5, 0.6) is 0 Å². The first-order chi connectivity index (χ1) is 8.70. The van der Waals surface area contributed by atoms with Crippen molar-refractivity contribution in [1.29, 1.82) is 0 Å². The van der Waals surface area contributed by atoms with Crippen LogP contribution in [0.4, 0.5) is 0 Å². The van der Waals surface area contributed by atoms with Gasteiger partial charge in [0.05, 0.1) is 0 Å². The number of nitrogens with one attached hydrogen (secondary N) is 1. The molecule has 0 saturated carbocycles. The second-order valence-corrected chi connectivity index (χ2v) is 5.35. The Bertz CT molecular complexity index is 425. The third-order valence-corrected chi connectivity index (χ3v) is 3.71. The van der Waals surface area contributed by atoms with Gasteiger partial charge in [-0.1, -0.05) is 19.4 Å². The molecule has 0 aromatic heterocycles. The van der Waals surface area contributed by atoms with Crippen molar-refractivity contribution >= 4 is 5.91 Å². The number of carbonyl (C=O) groups excluding carboxylic acids is 1. The molecule has 2 nitrogen and oxygen atoms in total. The van der Waals surface area contributed by atoms with E-state index in [2.05, 4.69) is 31.3 Å². The standard InChI is InChI=1S/C16H23NO/c1-3-6-12(2)17-16(18)15-10-9-13-7-4-5-8-14(13)11-15/h9-12H,3-8H2,1-2H3,(H,17,18)/t12-/m0/s1. The lowest BCUT2D eigenvalue weighted by atomic mass is 9.90. The maximum atomic E-state index is 12.1. The van der Waals surface area contributed by atoms with Gasteiger partial charge in [0.25, 0.3) is 5.91 Å². The Labute approximate surface area is 110 Å². The lowest BCUT2D eigenvalue weighted by Crippen LogP contribution is -2.32. The van der Waals surface area contributed by atoms with E-state index in [9.17, 15) is 4.79 Å². The van der Waals surface area contributed by atoms with Crippen molar-refractivity contribution in [2.75, 3.05) is 0 Å². The molecule has 1 aliphatic carbocycles. The predicted octanol–water partition coefficient (Wildman–Crippen LogP) is 3.48. The van der Waals surface area contributed by atoms with Crippen LogP contribution in [0.2, 0.25) is 0 Å². The van der Waals surface area contributed by atoms with Crippen LogP contribution in [0.25, 0.3) is 0 Å². The molecule has 18 heavy (non-hydrogen) atoms. The number of benzene rings is 1. The zero-order chi connectivity index (χ0) is 13.0. The molecule has 0 aliphatic heterocycles. The Morgan fingerprint density at radius 1 is 1.28 bits per heavy atom. The van der Waals surface area contributed by atoms with E-state index in [1.54, 1.807) is 0 Å². The molecular formula is C16H23NO. The highest BCUT2D eigenvalue weighted by Crippen LogP contribution is 2.22. The van der Waals surface area contributed by atoms with E-state index in [-0.39, 0.29) is 11.9 Å². The van der Waals surface area contributed by atoms with E-state index in [0.717, 1.165) is 24.8 Å². The molecule has 1 amide bonds. The molecular weight excluding hydrogens is 222 g/mol. The van der Waals surface area contributed by atoms with Gasteiger partial charge in [-0.15, -0.1) is 0 Å². The number of carbonyl (C=O) groups is 1. The summed E-state index contributed by atoms with van der Waals surface area (Å²) < 4.78 is 0. The SMILES string of the molecule is CCC[C@H](C)NC(=O)c1ccc2c(c1)CCCC2. The summed E-state index contributed by atoms with van der Waals surface area (Å²) in [6.45, 7) is 4.21. The first-order valence-corrected chi connectivity index (χ1v) is 7.13. The molecule has 2 rings (SSSR count). The smallest absolute Gasteiger partial charge is 0.251 e. The molecule has 0 saturated heterocycles. The fourth-order valence-electron chi connectivity index (χ4n) is 2.69. The number of fused-ring (bicyclic) bond motifs is 1. The van der Waals surface area contributed by atoms with E-state index >= 15 is 0 Å². The summed E-state index contributed by atoms with van der Waals surface area (Å²) in [5.41, 5.74) is 3.62. The largest absolute Gasteiger partial charge is 0.350 e. The number of hydrogen-bond acceptors (Lipinski definition) is 1. The predicted molar refractivity (Wildman–Crippen MR) is 74.9 cm³/mol. The molecule has 0 spiro atoms. The molecule has 1 aromatic rings. The summed E-state index contributed by atoms with van der Waals surface area (Å²) in [4.78, 5) is 12.1. The number of amides is 1. The fraction of sp³-hybridized carbons (Fsp3) is 0.562. The molecule has 0 unspecified atom stereocenters. The Kier molecular flexibility index (Phi) is 4.40. The van der Waals surface area contributed by atoms with Crippen LogP contribution in [-0.2, 0) is 12.8 Å². The van der Waals surface area contributed by atoms with Crippen molar-refractivity contribution < 1.29 is 4.79 Å². The van der Waals surface area contributed by atoms with Crippen LogP contribution >= 0.6 is 0 Å². The zero-order valence-corrected chi connectivity index (χ0v) is 11.5. The third kappa shape index (κ3) is 3.12. The van der Waals surface area contributed by atoms with Gasteiger partial charge in [-0.25, -0.2) is 0 Å². The van der Waals surface area contributed by atoms with Crippen LogP contribution in [0.3, 0.4) is 0 Å². The third-order valence-electron chi connectivity index (χ3n) is 3.71. The van der Waals surface area contributed by atoms with Gasteiger partial charge in [-0.05, 0) is 62.3 Å². The molecule has 1 atom stereocenters. The minimum atomic E-state index is 0.0734. The topological polar surface area (TPSA) is 29.1 Å². The average molecular weight is 245 g/mol. The summed E-state index contributed by atoms with van der Waals surface area (Å²) in [6.07, 6.45) is 6.98. The maximum Gasteiger partial charge on any atom is 0.251 e. The molecule has 0 bridgehead atoms. The Balaban J connectivity index is 2.06. The van der Waals surface area contributed by atoms with E-state index in [4.69, 9.17) is 0 Å². The molecule has 1 aliphatic rings. The molecule has 0 fully saturated rings. The molecule has 1 N–H and O–H groups in total. The van der Waals surface area contributed by atoms with Crippen molar-refractivity contribution in [2.45, 2.75) is 58.4 Å². The number of aryl methyl sites for hydroxylation is 2. The number of rotatable bonds is 4. The van der Waals surface area contributed by atoms with Gasteiger partial charge in [0, 0.05) is 11.6 Å². The minimum absolute atomic E-state index is 0.0734. The molecule has 0 heterocycles. The highest BCUT2D eigenvalue weighted by molar-refractivity contribution is 5.94. The Hall–Kier alpha value is -1.31. The van der Waals surface area contributed by atoms with Crippen molar-refractivity contribution in [3.63, 3.8) is 0 Å². The Morgan fingerprint density at radius 2 is 2.00 bits per heavy atom. The van der Waals surface area contributed by atoms with Gasteiger partial charge in [-0.2, -0.15) is 0 Å². The van der Waals surface area contributed by atoms with Gasteiger partial charge in [0.2, 0.25) is 0 Å². The maximum absolute atomic E-state index is 12.1. The number of hydrogen-bond donors (Lipinski definition) is 1. The van der Waals surface area contributed by atoms with Crippen molar-refractivity contribution in [3.8, 4) is 0 Å². The van der Waals surface area contributed by atoms with Crippen LogP contribution in [0, 0.1) is 0 Å². The Morgan fingerprint density at radius 3 is 2.72 bits per heavy atom. The summed E-state index contributed by atoms with van der Waals surface area (Å²) >= 11 is 0. The van der Waals surface area contributed by atoms with Crippen molar-refractivity contribution in [1.82, 2.24) is 5.32 Å². The van der Waals surface area contributed by atoms with Gasteiger partial charge in [0.1, 0.15) is 0 Å². The summed E-state index contributed by atoms with van der Waals surface area (Å²) in [7, 11) is 0. The quantitative estimate of drug-likeness (QED) is 0.864.